The molecule has 0 saturated heterocycles. The van der Waals surface area contributed by atoms with E-state index in [-0.39, 0.29) is 34.7 Å². The number of hydrogen-bond acceptors (Lipinski definition) is 4. The summed E-state index contributed by atoms with van der Waals surface area (Å²) in [5.41, 5.74) is 2.11. The average molecular weight is 587 g/mol. The van der Waals surface area contributed by atoms with Gasteiger partial charge in [0.05, 0.1) is 11.8 Å². The highest BCUT2D eigenvalue weighted by Gasteiger charge is 2.59. The lowest BCUT2D eigenvalue weighted by Crippen LogP contribution is -2.52. The molecule has 240 valence electrons. The first-order chi connectivity index (χ1) is 19.3. The summed E-state index contributed by atoms with van der Waals surface area (Å²) < 4.78 is 5.72. The summed E-state index contributed by atoms with van der Waals surface area (Å²) >= 11 is 0. The molecule has 0 radical (unpaired) electrons. The molecule has 42 heavy (non-hydrogen) atoms. The van der Waals surface area contributed by atoms with Crippen molar-refractivity contribution in [3.63, 3.8) is 0 Å². The van der Waals surface area contributed by atoms with Gasteiger partial charge in [0.15, 0.2) is 5.78 Å². The molecule has 5 heteroatoms. The van der Waals surface area contributed by atoms with Gasteiger partial charge in [0.2, 0.25) is 0 Å². The highest BCUT2D eigenvalue weighted by Crippen LogP contribution is 2.67. The van der Waals surface area contributed by atoms with Crippen LogP contribution in [0.2, 0.25) is 0 Å². The number of carboxylic acid groups (broad SMARTS) is 1. The van der Waals surface area contributed by atoms with Crippen molar-refractivity contribution in [2.45, 2.75) is 153 Å². The van der Waals surface area contributed by atoms with Crippen molar-refractivity contribution in [2.75, 3.05) is 0 Å². The Kier molecular flexibility index (Phi) is 10.6. The SMILES string of the molecule is CCC(C)C1=C2C3CCC(C(C)(C)CC)C(C)(CCCC(C)C(C)OC(=O)CC(C)(C)C(=O)O)C3CCC2(C)CC1=O. The topological polar surface area (TPSA) is 80.7 Å². The molecule has 0 amide bonds. The van der Waals surface area contributed by atoms with Crippen LogP contribution in [0.15, 0.2) is 11.1 Å². The van der Waals surface area contributed by atoms with E-state index in [0.29, 0.717) is 35.9 Å². The number of carbonyl (C=O) groups is 3. The molecule has 0 aromatic carbocycles. The predicted molar refractivity (Wildman–Crippen MR) is 170 cm³/mol. The van der Waals surface area contributed by atoms with Crippen LogP contribution in [0.5, 0.6) is 0 Å². The molecular weight excluding hydrogens is 524 g/mol. The van der Waals surface area contributed by atoms with E-state index in [2.05, 4.69) is 55.4 Å². The molecule has 1 N–H and O–H groups in total. The monoisotopic (exact) mass is 586 g/mol. The van der Waals surface area contributed by atoms with Gasteiger partial charge in [0, 0.05) is 6.42 Å². The zero-order chi connectivity index (χ0) is 31.8. The van der Waals surface area contributed by atoms with Gasteiger partial charge in [-0.15, -0.1) is 0 Å². The van der Waals surface area contributed by atoms with Crippen LogP contribution in [-0.4, -0.2) is 28.9 Å². The fourth-order valence-electron chi connectivity index (χ4n) is 9.31. The number of rotatable bonds is 13. The van der Waals surface area contributed by atoms with Crippen LogP contribution in [-0.2, 0) is 19.1 Å². The van der Waals surface area contributed by atoms with Crippen molar-refractivity contribution in [3.8, 4) is 0 Å². The maximum atomic E-state index is 13.4. The number of ether oxygens (including phenoxy) is 1. The van der Waals surface area contributed by atoms with E-state index in [1.807, 2.05) is 6.92 Å². The number of carboxylic acids is 1. The zero-order valence-electron chi connectivity index (χ0n) is 28.8. The summed E-state index contributed by atoms with van der Waals surface area (Å²) in [6, 6.07) is 0. The summed E-state index contributed by atoms with van der Waals surface area (Å²) in [7, 11) is 0. The molecule has 0 aliphatic heterocycles. The molecule has 0 aromatic rings. The van der Waals surface area contributed by atoms with Gasteiger partial charge in [-0.3, -0.25) is 14.4 Å². The molecule has 0 bridgehead atoms. The van der Waals surface area contributed by atoms with E-state index in [9.17, 15) is 19.5 Å². The van der Waals surface area contributed by atoms with Crippen LogP contribution >= 0.6 is 0 Å². The van der Waals surface area contributed by atoms with Crippen molar-refractivity contribution >= 4 is 17.7 Å². The molecule has 0 spiro atoms. The highest BCUT2D eigenvalue weighted by atomic mass is 16.5. The van der Waals surface area contributed by atoms with Crippen LogP contribution in [0.3, 0.4) is 0 Å². The third-order valence-electron chi connectivity index (χ3n) is 12.7. The summed E-state index contributed by atoms with van der Waals surface area (Å²) in [6.45, 7) is 23.9. The fraction of sp³-hybridized carbons (Fsp3) is 0.865. The van der Waals surface area contributed by atoms with Crippen LogP contribution < -0.4 is 0 Å². The average Bonchev–Trinajstić information content (AvgIpc) is 3.17. The van der Waals surface area contributed by atoms with Gasteiger partial charge in [-0.25, -0.2) is 0 Å². The maximum Gasteiger partial charge on any atom is 0.309 e. The molecule has 0 aromatic heterocycles. The largest absolute Gasteiger partial charge is 0.481 e. The van der Waals surface area contributed by atoms with Gasteiger partial charge < -0.3 is 9.84 Å². The summed E-state index contributed by atoms with van der Waals surface area (Å²) in [4.78, 5) is 37.4. The van der Waals surface area contributed by atoms with Crippen molar-refractivity contribution in [1.82, 2.24) is 0 Å². The second kappa shape index (κ2) is 12.8. The second-order valence-corrected chi connectivity index (χ2v) is 16.5. The van der Waals surface area contributed by atoms with Crippen molar-refractivity contribution in [3.05, 3.63) is 11.1 Å². The van der Waals surface area contributed by atoms with Gasteiger partial charge in [0.1, 0.15) is 6.10 Å². The fourth-order valence-corrected chi connectivity index (χ4v) is 9.31. The van der Waals surface area contributed by atoms with E-state index < -0.39 is 17.4 Å². The minimum absolute atomic E-state index is 0.0497. The number of aliphatic carboxylic acids is 1. The zero-order valence-corrected chi connectivity index (χ0v) is 28.8. The van der Waals surface area contributed by atoms with E-state index in [0.717, 1.165) is 38.5 Å². The molecular formula is C37H62O5. The lowest BCUT2D eigenvalue weighted by Gasteiger charge is -2.60. The Labute approximate surface area is 257 Å². The van der Waals surface area contributed by atoms with Crippen LogP contribution in [0.4, 0.5) is 0 Å². The lowest BCUT2D eigenvalue weighted by atomic mass is 9.44. The molecule has 8 atom stereocenters. The lowest BCUT2D eigenvalue weighted by molar-refractivity contribution is -0.160. The van der Waals surface area contributed by atoms with E-state index >= 15 is 0 Å². The van der Waals surface area contributed by atoms with E-state index in [4.69, 9.17) is 4.74 Å². The Bertz CT molecular complexity index is 1050. The van der Waals surface area contributed by atoms with Gasteiger partial charge >= 0.3 is 11.9 Å². The van der Waals surface area contributed by atoms with Crippen LogP contribution in [0.25, 0.3) is 0 Å². The Morgan fingerprint density at radius 1 is 1.05 bits per heavy atom. The molecule has 5 nitrogen and oxygen atoms in total. The molecule has 3 aliphatic carbocycles. The van der Waals surface area contributed by atoms with E-state index in [1.165, 1.54) is 24.8 Å². The maximum absolute atomic E-state index is 13.4. The molecule has 3 aliphatic rings. The second-order valence-electron chi connectivity index (χ2n) is 16.5. The number of esters is 1. The Morgan fingerprint density at radius 2 is 1.69 bits per heavy atom. The summed E-state index contributed by atoms with van der Waals surface area (Å²) in [5, 5.41) is 9.38. The first-order valence-electron chi connectivity index (χ1n) is 17.0. The quantitative estimate of drug-likeness (QED) is 0.217. The molecule has 8 unspecified atom stereocenters. The summed E-state index contributed by atoms with van der Waals surface area (Å²) in [5.74, 6) is 1.29. The third-order valence-corrected chi connectivity index (χ3v) is 12.7. The van der Waals surface area contributed by atoms with Gasteiger partial charge in [-0.2, -0.15) is 0 Å². The number of allylic oxidation sites excluding steroid dienone is 2. The molecule has 2 saturated carbocycles. The number of ketones is 1. The minimum atomic E-state index is -1.13. The third kappa shape index (κ3) is 6.70. The molecule has 2 fully saturated rings. The molecule has 3 rings (SSSR count). The molecule has 0 heterocycles. The van der Waals surface area contributed by atoms with Crippen molar-refractivity contribution in [1.29, 1.82) is 0 Å². The van der Waals surface area contributed by atoms with Crippen molar-refractivity contribution < 1.29 is 24.2 Å². The Morgan fingerprint density at radius 3 is 2.26 bits per heavy atom. The van der Waals surface area contributed by atoms with Crippen molar-refractivity contribution in [2.24, 2.45) is 51.2 Å². The predicted octanol–water partition coefficient (Wildman–Crippen LogP) is 9.43. The summed E-state index contributed by atoms with van der Waals surface area (Å²) in [6.07, 6.45) is 10.5. The first-order valence-corrected chi connectivity index (χ1v) is 17.0. The number of hydrogen-bond donors (Lipinski definition) is 1. The standard InChI is InChI=1S/C37H62O5/c1-12-23(3)31-28(38)21-36(10)20-18-27-26(32(31)36)16-17-29(34(6,7)13-2)37(27,11)19-14-15-24(4)25(5)42-30(39)22-35(8,9)33(40)41/h23-27,29H,12-22H2,1-11H3,(H,40,41). The van der Waals surface area contributed by atoms with Crippen LogP contribution in [0, 0.1) is 51.2 Å². The highest BCUT2D eigenvalue weighted by molar-refractivity contribution is 6.00. The number of fused-ring (bicyclic) bond motifs is 3. The van der Waals surface area contributed by atoms with Gasteiger partial charge in [-0.1, -0.05) is 73.8 Å². The Balaban J connectivity index is 1.81. The van der Waals surface area contributed by atoms with E-state index in [1.54, 1.807) is 19.4 Å². The Hall–Kier alpha value is -1.65. The first kappa shape index (κ1) is 34.8. The van der Waals surface area contributed by atoms with Gasteiger partial charge in [0.25, 0.3) is 0 Å². The smallest absolute Gasteiger partial charge is 0.309 e. The van der Waals surface area contributed by atoms with Crippen LogP contribution in [0.1, 0.15) is 147 Å². The minimum Gasteiger partial charge on any atom is -0.481 e. The normalized spacial score (nSPS) is 32.2. The number of carbonyl (C=O) groups excluding carboxylic acids is 2. The van der Waals surface area contributed by atoms with Gasteiger partial charge in [-0.05, 0) is 117 Å². The number of Topliss-reactive ketones (excluding diaryl/α,β-unsaturated/α-hetero) is 1.